The zero-order chi connectivity index (χ0) is 7.73. The fourth-order valence-electron chi connectivity index (χ4n) is 2.53. The van der Waals surface area contributed by atoms with Crippen molar-refractivity contribution >= 4 is 0 Å². The summed E-state index contributed by atoms with van der Waals surface area (Å²) in [7, 11) is 0. The summed E-state index contributed by atoms with van der Waals surface area (Å²) in [6, 6.07) is 0.668. The molecule has 11 heavy (non-hydrogen) atoms. The van der Waals surface area contributed by atoms with Gasteiger partial charge in [-0.25, -0.2) is 0 Å². The number of piperazine rings is 1. The summed E-state index contributed by atoms with van der Waals surface area (Å²) in [6.07, 6.45) is 5.59. The Morgan fingerprint density at radius 3 is 2.64 bits per heavy atom. The Morgan fingerprint density at radius 1 is 1.27 bits per heavy atom. The highest BCUT2D eigenvalue weighted by atomic mass is 15.1. The molecule has 1 saturated heterocycles. The smallest absolute Gasteiger partial charge is 0.0309 e. The molecule has 0 aromatic rings. The predicted octanol–water partition coefficient (Wildman–Crippen LogP) is 0.880. The van der Waals surface area contributed by atoms with Gasteiger partial charge in [-0.3, -0.25) is 0 Å². The number of nitrogens with one attached hydrogen (secondary N) is 2. The van der Waals surface area contributed by atoms with Crippen molar-refractivity contribution in [2.75, 3.05) is 13.1 Å². The lowest BCUT2D eigenvalue weighted by Crippen LogP contribution is -2.61. The molecule has 0 radical (unpaired) electrons. The molecular weight excluding hydrogens is 136 g/mol. The third-order valence-corrected chi connectivity index (χ3v) is 3.03. The van der Waals surface area contributed by atoms with E-state index in [1.165, 1.54) is 32.2 Å². The van der Waals surface area contributed by atoms with Gasteiger partial charge in [0.15, 0.2) is 0 Å². The van der Waals surface area contributed by atoms with Gasteiger partial charge in [0.05, 0.1) is 0 Å². The maximum absolute atomic E-state index is 3.73. The second-order valence-corrected chi connectivity index (χ2v) is 4.16. The van der Waals surface area contributed by atoms with Crippen LogP contribution in [0.25, 0.3) is 0 Å². The van der Waals surface area contributed by atoms with Crippen molar-refractivity contribution in [3.8, 4) is 0 Å². The summed E-state index contributed by atoms with van der Waals surface area (Å²) in [5.74, 6) is 0. The largest absolute Gasteiger partial charge is 0.313 e. The molecule has 1 heterocycles. The zero-order valence-corrected chi connectivity index (χ0v) is 7.32. The van der Waals surface area contributed by atoms with E-state index in [0.717, 1.165) is 6.54 Å². The Hall–Kier alpha value is -0.0800. The van der Waals surface area contributed by atoms with Gasteiger partial charge >= 0.3 is 0 Å². The molecule has 1 aliphatic heterocycles. The summed E-state index contributed by atoms with van der Waals surface area (Å²) < 4.78 is 0. The lowest BCUT2D eigenvalue weighted by molar-refractivity contribution is 0.236. The molecule has 0 aromatic carbocycles. The van der Waals surface area contributed by atoms with Gasteiger partial charge in [0, 0.05) is 24.7 Å². The summed E-state index contributed by atoms with van der Waals surface area (Å²) in [5, 5.41) is 7.23. The normalized spacial score (nSPS) is 36.3. The van der Waals surface area contributed by atoms with E-state index in [2.05, 4.69) is 17.6 Å². The molecule has 1 spiro atoms. The fraction of sp³-hybridized carbons (Fsp3) is 1.00. The molecular formula is C9H18N2. The summed E-state index contributed by atoms with van der Waals surface area (Å²) in [5.41, 5.74) is 0.484. The van der Waals surface area contributed by atoms with E-state index >= 15 is 0 Å². The Balaban J connectivity index is 2.00. The minimum absolute atomic E-state index is 0.484. The third kappa shape index (κ3) is 1.42. The minimum atomic E-state index is 0.484. The fourth-order valence-corrected chi connectivity index (χ4v) is 2.53. The van der Waals surface area contributed by atoms with Crippen molar-refractivity contribution < 1.29 is 0 Å². The molecule has 1 saturated carbocycles. The molecule has 2 nitrogen and oxygen atoms in total. The van der Waals surface area contributed by atoms with Crippen LogP contribution in [-0.2, 0) is 0 Å². The SMILES string of the molecule is CC1CNCC2(CCCC2)N1. The van der Waals surface area contributed by atoms with Crippen LogP contribution in [0.3, 0.4) is 0 Å². The molecule has 2 rings (SSSR count). The standard InChI is InChI=1S/C9H18N2/c1-8-6-10-7-9(11-8)4-2-3-5-9/h8,10-11H,2-7H2,1H3. The average Bonchev–Trinajstić information content (AvgIpc) is 2.37. The zero-order valence-electron chi connectivity index (χ0n) is 7.32. The van der Waals surface area contributed by atoms with Crippen molar-refractivity contribution in [3.05, 3.63) is 0 Å². The minimum Gasteiger partial charge on any atom is -0.313 e. The lowest BCUT2D eigenvalue weighted by atomic mass is 9.94. The lowest BCUT2D eigenvalue weighted by Gasteiger charge is -2.39. The monoisotopic (exact) mass is 154 g/mol. The van der Waals surface area contributed by atoms with Gasteiger partial charge in [-0.05, 0) is 19.8 Å². The van der Waals surface area contributed by atoms with Crippen LogP contribution in [0, 0.1) is 0 Å². The molecule has 2 N–H and O–H groups in total. The van der Waals surface area contributed by atoms with Gasteiger partial charge in [0.2, 0.25) is 0 Å². The van der Waals surface area contributed by atoms with E-state index in [4.69, 9.17) is 0 Å². The van der Waals surface area contributed by atoms with Gasteiger partial charge in [0.1, 0.15) is 0 Å². The van der Waals surface area contributed by atoms with E-state index in [9.17, 15) is 0 Å². The first-order valence-corrected chi connectivity index (χ1v) is 4.79. The number of hydrogen-bond acceptors (Lipinski definition) is 2. The van der Waals surface area contributed by atoms with Crippen LogP contribution in [0.1, 0.15) is 32.6 Å². The van der Waals surface area contributed by atoms with Gasteiger partial charge in [0.25, 0.3) is 0 Å². The molecule has 2 aliphatic rings. The summed E-state index contributed by atoms with van der Waals surface area (Å²) in [4.78, 5) is 0. The van der Waals surface area contributed by atoms with E-state index in [-0.39, 0.29) is 0 Å². The van der Waals surface area contributed by atoms with Crippen LogP contribution >= 0.6 is 0 Å². The van der Waals surface area contributed by atoms with E-state index in [1.54, 1.807) is 0 Å². The second kappa shape index (κ2) is 2.76. The summed E-state index contributed by atoms with van der Waals surface area (Å²) in [6.45, 7) is 4.60. The van der Waals surface area contributed by atoms with Crippen molar-refractivity contribution in [2.45, 2.75) is 44.2 Å². The highest BCUT2D eigenvalue weighted by molar-refractivity contribution is 4.99. The van der Waals surface area contributed by atoms with E-state index in [1.807, 2.05) is 0 Å². The molecule has 64 valence electrons. The molecule has 0 amide bonds. The van der Waals surface area contributed by atoms with Gasteiger partial charge < -0.3 is 10.6 Å². The molecule has 1 atom stereocenters. The number of rotatable bonds is 0. The third-order valence-electron chi connectivity index (χ3n) is 3.03. The van der Waals surface area contributed by atoms with Crippen LogP contribution in [0.2, 0.25) is 0 Å². The van der Waals surface area contributed by atoms with Gasteiger partial charge in [-0.15, -0.1) is 0 Å². The molecule has 0 bridgehead atoms. The maximum Gasteiger partial charge on any atom is 0.0309 e. The Labute approximate surface area is 68.7 Å². The van der Waals surface area contributed by atoms with Crippen LogP contribution in [0.5, 0.6) is 0 Å². The van der Waals surface area contributed by atoms with Crippen LogP contribution in [0.4, 0.5) is 0 Å². The highest BCUT2D eigenvalue weighted by Crippen LogP contribution is 2.30. The predicted molar refractivity (Wildman–Crippen MR) is 46.7 cm³/mol. The van der Waals surface area contributed by atoms with Crippen molar-refractivity contribution in [2.24, 2.45) is 0 Å². The Morgan fingerprint density at radius 2 is 2.00 bits per heavy atom. The first-order chi connectivity index (χ1) is 5.31. The first-order valence-electron chi connectivity index (χ1n) is 4.79. The molecule has 2 heteroatoms. The van der Waals surface area contributed by atoms with Crippen LogP contribution in [-0.4, -0.2) is 24.7 Å². The van der Waals surface area contributed by atoms with Gasteiger partial charge in [-0.1, -0.05) is 12.8 Å². The van der Waals surface area contributed by atoms with Gasteiger partial charge in [-0.2, -0.15) is 0 Å². The van der Waals surface area contributed by atoms with Crippen LogP contribution < -0.4 is 10.6 Å². The maximum atomic E-state index is 3.73. The Kier molecular flexibility index (Phi) is 1.90. The van der Waals surface area contributed by atoms with Crippen molar-refractivity contribution in [1.29, 1.82) is 0 Å². The molecule has 0 aromatic heterocycles. The second-order valence-electron chi connectivity index (χ2n) is 4.16. The molecule has 2 fully saturated rings. The van der Waals surface area contributed by atoms with Crippen molar-refractivity contribution in [3.63, 3.8) is 0 Å². The summed E-state index contributed by atoms with van der Waals surface area (Å²) >= 11 is 0. The first kappa shape index (κ1) is 7.56. The quantitative estimate of drug-likeness (QED) is 0.541. The average molecular weight is 154 g/mol. The van der Waals surface area contributed by atoms with E-state index < -0.39 is 0 Å². The van der Waals surface area contributed by atoms with E-state index in [0.29, 0.717) is 11.6 Å². The molecule has 1 aliphatic carbocycles. The molecule has 1 unspecified atom stereocenters. The Bertz CT molecular complexity index is 138. The van der Waals surface area contributed by atoms with Crippen LogP contribution in [0.15, 0.2) is 0 Å². The topological polar surface area (TPSA) is 24.1 Å². The highest BCUT2D eigenvalue weighted by Gasteiger charge is 2.36. The number of hydrogen-bond donors (Lipinski definition) is 2. The van der Waals surface area contributed by atoms with Crippen molar-refractivity contribution in [1.82, 2.24) is 10.6 Å².